The van der Waals surface area contributed by atoms with E-state index in [2.05, 4.69) is 31.3 Å². The van der Waals surface area contributed by atoms with Crippen molar-refractivity contribution < 1.29 is 0 Å². The first-order valence-corrected chi connectivity index (χ1v) is 5.69. The van der Waals surface area contributed by atoms with Crippen LogP contribution in [0.2, 0.25) is 0 Å². The van der Waals surface area contributed by atoms with Crippen molar-refractivity contribution in [3.8, 4) is 0 Å². The van der Waals surface area contributed by atoms with E-state index in [0.29, 0.717) is 5.54 Å². The third kappa shape index (κ3) is 2.32. The van der Waals surface area contributed by atoms with E-state index >= 15 is 0 Å². The zero-order chi connectivity index (χ0) is 10.9. The minimum Gasteiger partial charge on any atom is -0.399 e. The van der Waals surface area contributed by atoms with E-state index in [-0.39, 0.29) is 0 Å². The molecule has 82 valence electrons. The van der Waals surface area contributed by atoms with Gasteiger partial charge in [-0.2, -0.15) is 0 Å². The molecule has 1 aliphatic rings. The summed E-state index contributed by atoms with van der Waals surface area (Å²) in [5.41, 5.74) is 9.56. The summed E-state index contributed by atoms with van der Waals surface area (Å²) in [6.45, 7) is 5.32. The summed E-state index contributed by atoms with van der Waals surface area (Å²) in [6, 6.07) is 6.27. The van der Waals surface area contributed by atoms with Crippen LogP contribution >= 0.6 is 0 Å². The van der Waals surface area contributed by atoms with E-state index in [0.717, 1.165) is 12.2 Å². The molecule has 0 spiro atoms. The van der Waals surface area contributed by atoms with E-state index in [4.69, 9.17) is 5.73 Å². The SMILES string of the molecule is Cc1cc(CNC2(C)CCC2)ccc1N. The molecule has 0 radical (unpaired) electrons. The molecule has 0 aliphatic heterocycles. The standard InChI is InChI=1S/C13H20N2/c1-10-8-11(4-5-12(10)14)9-15-13(2)6-3-7-13/h4-5,8,15H,3,6-7,9,14H2,1-2H3. The lowest BCUT2D eigenvalue weighted by atomic mass is 9.78. The van der Waals surface area contributed by atoms with Gasteiger partial charge in [0.05, 0.1) is 0 Å². The minimum absolute atomic E-state index is 0.384. The number of hydrogen-bond acceptors (Lipinski definition) is 2. The zero-order valence-electron chi connectivity index (χ0n) is 9.64. The monoisotopic (exact) mass is 204 g/mol. The van der Waals surface area contributed by atoms with Crippen LogP contribution in [0.3, 0.4) is 0 Å². The Labute approximate surface area is 91.9 Å². The first-order chi connectivity index (χ1) is 7.09. The van der Waals surface area contributed by atoms with Gasteiger partial charge < -0.3 is 11.1 Å². The molecule has 1 aromatic rings. The fraction of sp³-hybridized carbons (Fsp3) is 0.538. The summed E-state index contributed by atoms with van der Waals surface area (Å²) < 4.78 is 0. The Morgan fingerprint density at radius 1 is 1.40 bits per heavy atom. The number of nitrogens with one attached hydrogen (secondary N) is 1. The van der Waals surface area contributed by atoms with Gasteiger partial charge in [0.1, 0.15) is 0 Å². The minimum atomic E-state index is 0.384. The third-order valence-electron chi connectivity index (χ3n) is 3.51. The van der Waals surface area contributed by atoms with Crippen LogP contribution in [0.5, 0.6) is 0 Å². The van der Waals surface area contributed by atoms with Crippen LogP contribution in [0.1, 0.15) is 37.3 Å². The first kappa shape index (κ1) is 10.5. The average molecular weight is 204 g/mol. The predicted octanol–water partition coefficient (Wildman–Crippen LogP) is 2.61. The van der Waals surface area contributed by atoms with Gasteiger partial charge in [-0.25, -0.2) is 0 Å². The fourth-order valence-electron chi connectivity index (χ4n) is 2.05. The van der Waals surface area contributed by atoms with Crippen LogP contribution in [-0.2, 0) is 6.54 Å². The summed E-state index contributed by atoms with van der Waals surface area (Å²) in [6.07, 6.45) is 3.98. The Kier molecular flexibility index (Phi) is 2.70. The predicted molar refractivity (Wildman–Crippen MR) is 64.7 cm³/mol. The average Bonchev–Trinajstić information content (AvgIpc) is 2.17. The van der Waals surface area contributed by atoms with Crippen LogP contribution < -0.4 is 11.1 Å². The molecule has 1 aliphatic carbocycles. The number of anilines is 1. The number of benzene rings is 1. The number of aryl methyl sites for hydroxylation is 1. The van der Waals surface area contributed by atoms with Crippen molar-refractivity contribution in [1.29, 1.82) is 0 Å². The normalized spacial score (nSPS) is 18.5. The molecular formula is C13H20N2. The highest BCUT2D eigenvalue weighted by Gasteiger charge is 2.30. The maximum Gasteiger partial charge on any atom is 0.0343 e. The van der Waals surface area contributed by atoms with Gasteiger partial charge in [0.25, 0.3) is 0 Å². The molecule has 0 atom stereocenters. The maximum atomic E-state index is 5.79. The third-order valence-corrected chi connectivity index (χ3v) is 3.51. The smallest absolute Gasteiger partial charge is 0.0343 e. The molecule has 1 aromatic carbocycles. The summed E-state index contributed by atoms with van der Waals surface area (Å²) in [5, 5.41) is 3.62. The number of rotatable bonds is 3. The van der Waals surface area contributed by atoms with Gasteiger partial charge in [-0.15, -0.1) is 0 Å². The van der Waals surface area contributed by atoms with Crippen LogP contribution in [0, 0.1) is 6.92 Å². The number of hydrogen-bond donors (Lipinski definition) is 2. The quantitative estimate of drug-likeness (QED) is 0.743. The largest absolute Gasteiger partial charge is 0.399 e. The second kappa shape index (κ2) is 3.86. The highest BCUT2D eigenvalue weighted by Crippen LogP contribution is 2.31. The molecule has 0 bridgehead atoms. The van der Waals surface area contributed by atoms with Gasteiger partial charge in [0.2, 0.25) is 0 Å². The van der Waals surface area contributed by atoms with Gasteiger partial charge in [0, 0.05) is 17.8 Å². The van der Waals surface area contributed by atoms with Crippen LogP contribution in [0.25, 0.3) is 0 Å². The molecule has 3 N–H and O–H groups in total. The molecule has 0 aromatic heterocycles. The molecule has 0 heterocycles. The van der Waals surface area contributed by atoms with Crippen molar-refractivity contribution in [2.75, 3.05) is 5.73 Å². The van der Waals surface area contributed by atoms with Crippen molar-refractivity contribution in [3.05, 3.63) is 29.3 Å². The lowest BCUT2D eigenvalue weighted by Crippen LogP contribution is -2.47. The Balaban J connectivity index is 1.96. The molecule has 0 amide bonds. The number of nitrogens with two attached hydrogens (primary N) is 1. The molecule has 2 nitrogen and oxygen atoms in total. The molecule has 1 saturated carbocycles. The summed E-state index contributed by atoms with van der Waals surface area (Å²) in [4.78, 5) is 0. The van der Waals surface area contributed by atoms with Crippen molar-refractivity contribution in [3.63, 3.8) is 0 Å². The van der Waals surface area contributed by atoms with E-state index in [1.54, 1.807) is 0 Å². The first-order valence-electron chi connectivity index (χ1n) is 5.69. The Morgan fingerprint density at radius 3 is 2.67 bits per heavy atom. The van der Waals surface area contributed by atoms with Crippen molar-refractivity contribution in [1.82, 2.24) is 5.32 Å². The highest BCUT2D eigenvalue weighted by atomic mass is 15.0. The van der Waals surface area contributed by atoms with E-state index in [1.165, 1.54) is 30.4 Å². The van der Waals surface area contributed by atoms with E-state index in [9.17, 15) is 0 Å². The van der Waals surface area contributed by atoms with Gasteiger partial charge in [-0.3, -0.25) is 0 Å². The van der Waals surface area contributed by atoms with Crippen molar-refractivity contribution in [2.24, 2.45) is 0 Å². The van der Waals surface area contributed by atoms with Crippen LogP contribution in [0.4, 0.5) is 5.69 Å². The van der Waals surface area contributed by atoms with E-state index < -0.39 is 0 Å². The molecule has 2 rings (SSSR count). The summed E-state index contributed by atoms with van der Waals surface area (Å²) in [7, 11) is 0. The second-order valence-corrected chi connectivity index (χ2v) is 4.96. The molecule has 15 heavy (non-hydrogen) atoms. The highest BCUT2D eigenvalue weighted by molar-refractivity contribution is 5.47. The van der Waals surface area contributed by atoms with E-state index in [1.807, 2.05) is 6.07 Å². The summed E-state index contributed by atoms with van der Waals surface area (Å²) in [5.74, 6) is 0. The van der Waals surface area contributed by atoms with Crippen LogP contribution in [0.15, 0.2) is 18.2 Å². The van der Waals surface area contributed by atoms with Gasteiger partial charge in [-0.1, -0.05) is 12.1 Å². The lowest BCUT2D eigenvalue weighted by molar-refractivity contribution is 0.207. The van der Waals surface area contributed by atoms with Crippen molar-refractivity contribution >= 4 is 5.69 Å². The molecular weight excluding hydrogens is 184 g/mol. The molecule has 1 fully saturated rings. The molecule has 0 unspecified atom stereocenters. The topological polar surface area (TPSA) is 38.0 Å². The van der Waals surface area contributed by atoms with Gasteiger partial charge in [-0.05, 0) is 50.3 Å². The maximum absolute atomic E-state index is 5.79. The second-order valence-electron chi connectivity index (χ2n) is 4.96. The molecule has 0 saturated heterocycles. The van der Waals surface area contributed by atoms with Gasteiger partial charge >= 0.3 is 0 Å². The fourth-order valence-corrected chi connectivity index (χ4v) is 2.05. The Hall–Kier alpha value is -1.02. The lowest BCUT2D eigenvalue weighted by Gasteiger charge is -2.39. The number of nitrogen functional groups attached to an aromatic ring is 1. The van der Waals surface area contributed by atoms with Crippen LogP contribution in [-0.4, -0.2) is 5.54 Å². The summed E-state index contributed by atoms with van der Waals surface area (Å²) >= 11 is 0. The van der Waals surface area contributed by atoms with Gasteiger partial charge in [0.15, 0.2) is 0 Å². The molecule has 2 heteroatoms. The van der Waals surface area contributed by atoms with Crippen molar-refractivity contribution in [2.45, 2.75) is 45.2 Å². The Morgan fingerprint density at radius 2 is 2.13 bits per heavy atom. The Bertz CT molecular complexity index is 354. The zero-order valence-corrected chi connectivity index (χ0v) is 9.64.